The molecule has 0 aromatic carbocycles. The molecule has 19 heavy (non-hydrogen) atoms. The van der Waals surface area contributed by atoms with Gasteiger partial charge in [-0.25, -0.2) is 9.97 Å². The lowest BCUT2D eigenvalue weighted by Crippen LogP contribution is -2.35. The zero-order valence-corrected chi connectivity index (χ0v) is 12.2. The van der Waals surface area contributed by atoms with Crippen molar-refractivity contribution in [2.45, 2.75) is 39.2 Å². The lowest BCUT2D eigenvalue weighted by Gasteiger charge is -2.24. The zero-order valence-electron chi connectivity index (χ0n) is 12.2. The molecule has 0 amide bonds. The number of aryl methyl sites for hydroxylation is 1. The maximum atomic E-state index is 4.52. The molecule has 1 aliphatic heterocycles. The Kier molecular flexibility index (Phi) is 4.96. The molecular formula is C14H25N5. The van der Waals surface area contributed by atoms with Crippen LogP contribution in [0.25, 0.3) is 0 Å². The molecule has 5 nitrogen and oxygen atoms in total. The summed E-state index contributed by atoms with van der Waals surface area (Å²) in [6, 6.07) is 2.52. The highest BCUT2D eigenvalue weighted by atomic mass is 15.2. The summed E-state index contributed by atoms with van der Waals surface area (Å²) in [4.78, 5) is 11.5. The fourth-order valence-electron chi connectivity index (χ4n) is 2.44. The smallest absolute Gasteiger partial charge is 0.132 e. The van der Waals surface area contributed by atoms with Crippen LogP contribution in [0.5, 0.6) is 0 Å². The van der Waals surface area contributed by atoms with Crippen LogP contribution >= 0.6 is 0 Å². The molecule has 0 bridgehead atoms. The number of rotatable bonds is 6. The topological polar surface area (TPSA) is 53.1 Å². The maximum absolute atomic E-state index is 4.52. The van der Waals surface area contributed by atoms with E-state index in [2.05, 4.69) is 39.3 Å². The van der Waals surface area contributed by atoms with Crippen molar-refractivity contribution >= 4 is 11.6 Å². The molecule has 1 aromatic heterocycles. The van der Waals surface area contributed by atoms with Gasteiger partial charge >= 0.3 is 0 Å². The van der Waals surface area contributed by atoms with Crippen LogP contribution in [0.15, 0.2) is 6.07 Å². The summed E-state index contributed by atoms with van der Waals surface area (Å²) in [5.41, 5.74) is 0. The summed E-state index contributed by atoms with van der Waals surface area (Å²) in [7, 11) is 1.89. The van der Waals surface area contributed by atoms with Gasteiger partial charge in [-0.15, -0.1) is 0 Å². The average Bonchev–Trinajstić information content (AvgIpc) is 2.98. The molecule has 0 spiro atoms. The highest BCUT2D eigenvalue weighted by molar-refractivity contribution is 5.47. The first kappa shape index (κ1) is 14.1. The van der Waals surface area contributed by atoms with E-state index in [0.717, 1.165) is 30.4 Å². The lowest BCUT2D eigenvalue weighted by atomic mass is 10.3. The Morgan fingerprint density at radius 3 is 2.58 bits per heavy atom. The molecule has 1 atom stereocenters. The molecule has 106 valence electrons. The van der Waals surface area contributed by atoms with Crippen LogP contribution < -0.4 is 10.6 Å². The second-order valence-electron chi connectivity index (χ2n) is 5.13. The Morgan fingerprint density at radius 2 is 1.95 bits per heavy atom. The first-order valence-electron chi connectivity index (χ1n) is 7.26. The van der Waals surface area contributed by atoms with E-state index in [4.69, 9.17) is 0 Å². The van der Waals surface area contributed by atoms with Crippen molar-refractivity contribution in [3.63, 3.8) is 0 Å². The largest absolute Gasteiger partial charge is 0.373 e. The summed E-state index contributed by atoms with van der Waals surface area (Å²) in [6.07, 6.45) is 3.52. The predicted molar refractivity (Wildman–Crippen MR) is 79.7 cm³/mol. The Morgan fingerprint density at radius 1 is 1.26 bits per heavy atom. The summed E-state index contributed by atoms with van der Waals surface area (Å²) in [5, 5.41) is 6.52. The molecule has 1 fully saturated rings. The molecule has 0 aliphatic carbocycles. The minimum atomic E-state index is 0.556. The normalized spacial score (nSPS) is 17.4. The van der Waals surface area contributed by atoms with E-state index >= 15 is 0 Å². The molecular weight excluding hydrogens is 238 g/mol. The molecule has 2 rings (SSSR count). The third-order valence-electron chi connectivity index (χ3n) is 3.69. The maximum Gasteiger partial charge on any atom is 0.132 e. The van der Waals surface area contributed by atoms with Gasteiger partial charge in [0.15, 0.2) is 0 Å². The van der Waals surface area contributed by atoms with Crippen molar-refractivity contribution in [3.8, 4) is 0 Å². The zero-order chi connectivity index (χ0) is 13.7. The highest BCUT2D eigenvalue weighted by Gasteiger charge is 2.17. The number of hydrogen-bond acceptors (Lipinski definition) is 5. The molecule has 2 heterocycles. The van der Waals surface area contributed by atoms with Crippen LogP contribution in [0.3, 0.4) is 0 Å². The van der Waals surface area contributed by atoms with E-state index in [0.29, 0.717) is 6.04 Å². The van der Waals surface area contributed by atoms with E-state index in [9.17, 15) is 0 Å². The van der Waals surface area contributed by atoms with Gasteiger partial charge in [0, 0.05) is 32.1 Å². The molecule has 5 heteroatoms. The van der Waals surface area contributed by atoms with E-state index < -0.39 is 0 Å². The second kappa shape index (κ2) is 6.70. The highest BCUT2D eigenvalue weighted by Crippen LogP contribution is 2.14. The third kappa shape index (κ3) is 3.80. The van der Waals surface area contributed by atoms with Gasteiger partial charge in [-0.2, -0.15) is 0 Å². The molecule has 2 N–H and O–H groups in total. The van der Waals surface area contributed by atoms with Gasteiger partial charge in [0.25, 0.3) is 0 Å². The van der Waals surface area contributed by atoms with Crippen molar-refractivity contribution in [2.24, 2.45) is 0 Å². The van der Waals surface area contributed by atoms with Crippen LogP contribution in [0.2, 0.25) is 0 Å². The Hall–Kier alpha value is -1.36. The van der Waals surface area contributed by atoms with Gasteiger partial charge in [0.2, 0.25) is 0 Å². The number of anilines is 2. The van der Waals surface area contributed by atoms with Crippen LogP contribution in [0.4, 0.5) is 11.6 Å². The van der Waals surface area contributed by atoms with E-state index in [1.165, 1.54) is 25.9 Å². The monoisotopic (exact) mass is 263 g/mol. The van der Waals surface area contributed by atoms with Crippen molar-refractivity contribution < 1.29 is 0 Å². The minimum absolute atomic E-state index is 0.556. The molecule has 0 radical (unpaired) electrons. The number of likely N-dealkylation sites (tertiary alicyclic amines) is 1. The summed E-state index contributed by atoms with van der Waals surface area (Å²) >= 11 is 0. The molecule has 1 saturated heterocycles. The van der Waals surface area contributed by atoms with Gasteiger partial charge in [-0.1, -0.05) is 6.92 Å². The van der Waals surface area contributed by atoms with Gasteiger partial charge in [0.05, 0.1) is 0 Å². The minimum Gasteiger partial charge on any atom is -0.373 e. The molecule has 1 aliphatic rings. The van der Waals surface area contributed by atoms with Gasteiger partial charge < -0.3 is 10.6 Å². The Bertz CT molecular complexity index is 379. The summed E-state index contributed by atoms with van der Waals surface area (Å²) in [6.45, 7) is 7.75. The van der Waals surface area contributed by atoms with Gasteiger partial charge in [0.1, 0.15) is 17.5 Å². The quantitative estimate of drug-likeness (QED) is 0.822. The van der Waals surface area contributed by atoms with E-state index in [1.54, 1.807) is 0 Å². The SMILES string of the molecule is CCc1nc(NC)cc(NCC(C)N2CCCC2)n1. The standard InChI is InChI=1S/C14H25N5/c1-4-12-17-13(15-3)9-14(18-12)16-10-11(2)19-7-5-6-8-19/h9,11H,4-8,10H2,1-3H3,(H2,15,16,17,18). The number of nitrogens with one attached hydrogen (secondary N) is 2. The van der Waals surface area contributed by atoms with Crippen molar-refractivity contribution in [2.75, 3.05) is 37.3 Å². The van der Waals surface area contributed by atoms with E-state index in [-0.39, 0.29) is 0 Å². The fourth-order valence-corrected chi connectivity index (χ4v) is 2.44. The first-order chi connectivity index (χ1) is 9.22. The number of aromatic nitrogens is 2. The summed E-state index contributed by atoms with van der Waals surface area (Å²) in [5.74, 6) is 2.67. The van der Waals surface area contributed by atoms with Crippen LogP contribution in [0.1, 0.15) is 32.5 Å². The van der Waals surface area contributed by atoms with Crippen molar-refractivity contribution in [3.05, 3.63) is 11.9 Å². The third-order valence-corrected chi connectivity index (χ3v) is 3.69. The van der Waals surface area contributed by atoms with Gasteiger partial charge in [-0.3, -0.25) is 4.90 Å². The Labute approximate surface area is 115 Å². The lowest BCUT2D eigenvalue weighted by molar-refractivity contribution is 0.269. The molecule has 1 aromatic rings. The Balaban J connectivity index is 1.94. The van der Waals surface area contributed by atoms with Crippen molar-refractivity contribution in [1.29, 1.82) is 0 Å². The van der Waals surface area contributed by atoms with Crippen LogP contribution in [-0.4, -0.2) is 47.6 Å². The van der Waals surface area contributed by atoms with E-state index in [1.807, 2.05) is 13.1 Å². The first-order valence-corrected chi connectivity index (χ1v) is 7.26. The fraction of sp³-hybridized carbons (Fsp3) is 0.714. The van der Waals surface area contributed by atoms with Gasteiger partial charge in [-0.05, 0) is 32.9 Å². The average molecular weight is 263 g/mol. The molecule has 0 saturated carbocycles. The summed E-state index contributed by atoms with van der Waals surface area (Å²) < 4.78 is 0. The predicted octanol–water partition coefficient (Wildman–Crippen LogP) is 1.98. The van der Waals surface area contributed by atoms with Crippen LogP contribution in [-0.2, 0) is 6.42 Å². The molecule has 1 unspecified atom stereocenters. The number of nitrogens with zero attached hydrogens (tertiary/aromatic N) is 3. The van der Waals surface area contributed by atoms with Crippen LogP contribution in [0, 0.1) is 0 Å². The second-order valence-corrected chi connectivity index (χ2v) is 5.13. The van der Waals surface area contributed by atoms with Crippen molar-refractivity contribution in [1.82, 2.24) is 14.9 Å². The number of hydrogen-bond donors (Lipinski definition) is 2.